The number of aliphatic hydroxyl groups is 1. The number of benzene rings is 2. The van der Waals surface area contributed by atoms with Gasteiger partial charge in [0.1, 0.15) is 11.5 Å². The van der Waals surface area contributed by atoms with Crippen LogP contribution >= 0.6 is 0 Å². The molecule has 1 amide bonds. The molecule has 31 heavy (non-hydrogen) atoms. The van der Waals surface area contributed by atoms with E-state index >= 15 is 0 Å². The number of Topliss-reactive ketones (excluding diaryl/α,β-unsaturated/α-hetero) is 1. The second-order valence-corrected chi connectivity index (χ2v) is 7.39. The monoisotopic (exact) mass is 423 g/mol. The van der Waals surface area contributed by atoms with Crippen LogP contribution in [-0.4, -0.2) is 48.6 Å². The van der Waals surface area contributed by atoms with Crippen molar-refractivity contribution < 1.29 is 24.2 Å². The number of hydrogen-bond acceptors (Lipinski definition) is 5. The van der Waals surface area contributed by atoms with Crippen LogP contribution in [0.5, 0.6) is 5.75 Å². The van der Waals surface area contributed by atoms with Crippen LogP contribution in [0.2, 0.25) is 0 Å². The van der Waals surface area contributed by atoms with Gasteiger partial charge >= 0.3 is 0 Å². The molecule has 0 saturated carbocycles. The van der Waals surface area contributed by atoms with Crippen molar-refractivity contribution in [2.24, 2.45) is 0 Å². The lowest BCUT2D eigenvalue weighted by Gasteiger charge is -2.25. The minimum Gasteiger partial charge on any atom is -0.507 e. The Balaban J connectivity index is 2.10. The van der Waals surface area contributed by atoms with Crippen LogP contribution in [0.1, 0.15) is 43.0 Å². The number of aliphatic hydroxyl groups excluding tert-OH is 1. The summed E-state index contributed by atoms with van der Waals surface area (Å²) < 4.78 is 10.6. The summed E-state index contributed by atoms with van der Waals surface area (Å²) >= 11 is 0. The van der Waals surface area contributed by atoms with Gasteiger partial charge in [-0.15, -0.1) is 0 Å². The number of ketones is 1. The Bertz CT molecular complexity index is 964. The van der Waals surface area contributed by atoms with E-state index in [-0.39, 0.29) is 11.3 Å². The molecule has 1 heterocycles. The third-order valence-electron chi connectivity index (χ3n) is 5.41. The Kier molecular flexibility index (Phi) is 7.47. The first-order valence-electron chi connectivity index (χ1n) is 10.6. The molecule has 2 aromatic carbocycles. The number of aryl methyl sites for hydroxylation is 1. The van der Waals surface area contributed by atoms with Crippen LogP contribution < -0.4 is 4.74 Å². The molecule has 164 valence electrons. The molecule has 1 saturated heterocycles. The van der Waals surface area contributed by atoms with E-state index in [1.165, 1.54) is 4.90 Å². The maximum Gasteiger partial charge on any atom is 0.295 e. The zero-order valence-corrected chi connectivity index (χ0v) is 18.3. The molecular formula is C25H29NO5. The fraction of sp³-hybridized carbons (Fsp3) is 0.360. The molecule has 1 aliphatic rings. The van der Waals surface area contributed by atoms with Gasteiger partial charge in [-0.3, -0.25) is 9.59 Å². The summed E-state index contributed by atoms with van der Waals surface area (Å²) in [7, 11) is 1.60. The predicted molar refractivity (Wildman–Crippen MR) is 119 cm³/mol. The lowest BCUT2D eigenvalue weighted by Crippen LogP contribution is -2.31. The molecule has 0 aliphatic carbocycles. The number of rotatable bonds is 9. The second kappa shape index (κ2) is 10.3. The van der Waals surface area contributed by atoms with E-state index in [1.807, 2.05) is 31.2 Å². The van der Waals surface area contributed by atoms with Crippen molar-refractivity contribution >= 4 is 17.4 Å². The van der Waals surface area contributed by atoms with Crippen LogP contribution in [0.4, 0.5) is 0 Å². The summed E-state index contributed by atoms with van der Waals surface area (Å²) in [6, 6.07) is 14.1. The Morgan fingerprint density at radius 2 is 1.84 bits per heavy atom. The summed E-state index contributed by atoms with van der Waals surface area (Å²) in [6.45, 7) is 5.25. The molecule has 0 aromatic heterocycles. The average Bonchev–Trinajstić information content (AvgIpc) is 3.04. The van der Waals surface area contributed by atoms with Gasteiger partial charge in [0, 0.05) is 25.8 Å². The molecule has 2 aromatic rings. The molecule has 3 rings (SSSR count). The van der Waals surface area contributed by atoms with Crippen molar-refractivity contribution in [2.45, 2.75) is 32.7 Å². The summed E-state index contributed by atoms with van der Waals surface area (Å²) in [4.78, 5) is 27.4. The number of carbonyl (C=O) groups excluding carboxylic acids is 2. The smallest absolute Gasteiger partial charge is 0.295 e. The van der Waals surface area contributed by atoms with Crippen molar-refractivity contribution in [3.8, 4) is 5.75 Å². The van der Waals surface area contributed by atoms with Crippen LogP contribution in [0.25, 0.3) is 5.76 Å². The second-order valence-electron chi connectivity index (χ2n) is 7.39. The molecule has 0 bridgehead atoms. The molecule has 1 atom stereocenters. The summed E-state index contributed by atoms with van der Waals surface area (Å²) in [5.74, 6) is -0.895. The molecule has 0 radical (unpaired) electrons. The molecule has 0 spiro atoms. The maximum absolute atomic E-state index is 13.0. The lowest BCUT2D eigenvalue weighted by molar-refractivity contribution is -0.140. The number of ether oxygens (including phenoxy) is 2. The van der Waals surface area contributed by atoms with Gasteiger partial charge in [-0.2, -0.15) is 0 Å². The van der Waals surface area contributed by atoms with Crippen molar-refractivity contribution in [1.29, 1.82) is 0 Å². The quantitative estimate of drug-likeness (QED) is 0.284. The molecule has 6 heteroatoms. The molecule has 1 aliphatic heterocycles. The molecule has 6 nitrogen and oxygen atoms in total. The van der Waals surface area contributed by atoms with E-state index < -0.39 is 17.7 Å². The number of amides is 1. The van der Waals surface area contributed by atoms with Gasteiger partial charge in [-0.25, -0.2) is 0 Å². The highest BCUT2D eigenvalue weighted by atomic mass is 16.5. The third-order valence-corrected chi connectivity index (χ3v) is 5.41. The largest absolute Gasteiger partial charge is 0.507 e. The highest BCUT2D eigenvalue weighted by Gasteiger charge is 2.45. The van der Waals surface area contributed by atoms with Gasteiger partial charge in [0.25, 0.3) is 11.7 Å². The van der Waals surface area contributed by atoms with Gasteiger partial charge in [-0.05, 0) is 43.0 Å². The first-order valence-corrected chi connectivity index (χ1v) is 10.6. The Hall–Kier alpha value is -3.12. The van der Waals surface area contributed by atoms with Crippen molar-refractivity contribution in [1.82, 2.24) is 4.90 Å². The molecule has 1 fully saturated rings. The van der Waals surface area contributed by atoms with Gasteiger partial charge in [0.15, 0.2) is 0 Å². The number of nitrogens with zero attached hydrogens (tertiary/aromatic N) is 1. The van der Waals surface area contributed by atoms with E-state index in [0.717, 1.165) is 17.5 Å². The fourth-order valence-electron chi connectivity index (χ4n) is 3.83. The van der Waals surface area contributed by atoms with E-state index in [4.69, 9.17) is 9.47 Å². The summed E-state index contributed by atoms with van der Waals surface area (Å²) in [6.07, 6.45) is 1.48. The van der Waals surface area contributed by atoms with Gasteiger partial charge in [-0.1, -0.05) is 43.3 Å². The highest BCUT2D eigenvalue weighted by Crippen LogP contribution is 2.39. The number of methoxy groups -OCH3 is 1. The van der Waals surface area contributed by atoms with Gasteiger partial charge in [0.05, 0.1) is 18.2 Å². The summed E-state index contributed by atoms with van der Waals surface area (Å²) in [5, 5.41) is 11.1. The molecular weight excluding hydrogens is 394 g/mol. The molecule has 1 unspecified atom stereocenters. The van der Waals surface area contributed by atoms with Crippen molar-refractivity contribution in [2.75, 3.05) is 26.9 Å². The first kappa shape index (κ1) is 22.6. The zero-order valence-electron chi connectivity index (χ0n) is 18.3. The van der Waals surface area contributed by atoms with Crippen LogP contribution in [0.3, 0.4) is 0 Å². The third kappa shape index (κ3) is 4.80. The number of hydrogen-bond donors (Lipinski definition) is 1. The normalized spacial score (nSPS) is 17.9. The Labute approximate surface area is 183 Å². The van der Waals surface area contributed by atoms with E-state index in [0.29, 0.717) is 37.5 Å². The maximum atomic E-state index is 13.0. The van der Waals surface area contributed by atoms with Gasteiger partial charge < -0.3 is 19.5 Å². The standard InChI is InChI=1S/C25H29NO5/c1-4-17-10-12-18(13-11-17)22-21(24(28)25(29)26(22)14-7-15-30-3)23(27)19-8-6-9-20(16-19)31-5-2/h6,8-13,16,22,27H,4-5,7,14-15H2,1-3H3/b23-21+. The summed E-state index contributed by atoms with van der Waals surface area (Å²) in [5.41, 5.74) is 2.48. The zero-order chi connectivity index (χ0) is 22.4. The minimum atomic E-state index is -0.679. The number of carbonyl (C=O) groups is 2. The Morgan fingerprint density at radius 3 is 2.48 bits per heavy atom. The first-order chi connectivity index (χ1) is 15.0. The van der Waals surface area contributed by atoms with Crippen LogP contribution in [0.15, 0.2) is 54.1 Å². The van der Waals surface area contributed by atoms with Crippen LogP contribution in [-0.2, 0) is 20.7 Å². The fourth-order valence-corrected chi connectivity index (χ4v) is 3.83. The van der Waals surface area contributed by atoms with E-state index in [9.17, 15) is 14.7 Å². The topological polar surface area (TPSA) is 76.1 Å². The van der Waals surface area contributed by atoms with Crippen LogP contribution in [0, 0.1) is 0 Å². The average molecular weight is 424 g/mol. The Morgan fingerprint density at radius 1 is 1.10 bits per heavy atom. The lowest BCUT2D eigenvalue weighted by atomic mass is 9.94. The highest BCUT2D eigenvalue weighted by molar-refractivity contribution is 6.46. The predicted octanol–water partition coefficient (Wildman–Crippen LogP) is 4.11. The molecule has 1 N–H and O–H groups in total. The van der Waals surface area contributed by atoms with Crippen molar-refractivity contribution in [3.63, 3.8) is 0 Å². The van der Waals surface area contributed by atoms with Crippen molar-refractivity contribution in [3.05, 3.63) is 70.8 Å². The van der Waals surface area contributed by atoms with E-state index in [1.54, 1.807) is 31.4 Å². The van der Waals surface area contributed by atoms with E-state index in [2.05, 4.69) is 6.92 Å². The SMILES string of the molecule is CCOc1cccc(/C(O)=C2\C(=O)C(=O)N(CCCOC)C2c2ccc(CC)cc2)c1. The van der Waals surface area contributed by atoms with Gasteiger partial charge in [0.2, 0.25) is 0 Å². The number of likely N-dealkylation sites (tertiary alicyclic amines) is 1. The minimum absolute atomic E-state index is 0.0975.